The van der Waals surface area contributed by atoms with Crippen molar-refractivity contribution in [3.63, 3.8) is 0 Å². The molecule has 0 spiro atoms. The number of rotatable bonds is 4. The number of fused-ring (bicyclic) bond motifs is 1. The zero-order valence-electron chi connectivity index (χ0n) is 12.0. The number of halogens is 3. The summed E-state index contributed by atoms with van der Waals surface area (Å²) in [4.78, 5) is 7.18. The average Bonchev–Trinajstić information content (AvgIpc) is 3.04. The van der Waals surface area contributed by atoms with Crippen LogP contribution in [-0.4, -0.2) is 17.1 Å². The monoisotopic (exact) mass is 323 g/mol. The fourth-order valence-electron chi connectivity index (χ4n) is 2.08. The number of hydrogen-bond acceptors (Lipinski definition) is 5. The molecule has 0 aliphatic carbocycles. The van der Waals surface area contributed by atoms with Gasteiger partial charge in [0.1, 0.15) is 17.3 Å². The van der Waals surface area contributed by atoms with Crippen molar-refractivity contribution in [3.8, 4) is 5.75 Å². The van der Waals surface area contributed by atoms with Gasteiger partial charge in [-0.05, 0) is 24.3 Å². The summed E-state index contributed by atoms with van der Waals surface area (Å²) < 4.78 is 49.2. The predicted molar refractivity (Wildman–Crippen MR) is 77.1 cm³/mol. The lowest BCUT2D eigenvalue weighted by molar-refractivity contribution is -0.144. The Morgan fingerprint density at radius 3 is 2.70 bits per heavy atom. The number of nitrogens with zero attached hydrogens (tertiary/aromatic N) is 2. The van der Waals surface area contributed by atoms with Crippen molar-refractivity contribution in [3.05, 3.63) is 48.2 Å². The SMILES string of the molecule is COc1ccc2c(NCc3ccco3)nc(C(F)(F)F)nc2c1. The van der Waals surface area contributed by atoms with Crippen molar-refractivity contribution in [1.29, 1.82) is 0 Å². The molecule has 1 aromatic carbocycles. The normalized spacial score (nSPS) is 11.7. The highest BCUT2D eigenvalue weighted by molar-refractivity contribution is 5.90. The third-order valence-electron chi connectivity index (χ3n) is 3.17. The molecule has 8 heteroatoms. The third kappa shape index (κ3) is 3.20. The van der Waals surface area contributed by atoms with Gasteiger partial charge in [0.25, 0.3) is 0 Å². The number of anilines is 1. The molecule has 3 aromatic rings. The molecule has 0 unspecified atom stereocenters. The van der Waals surface area contributed by atoms with E-state index in [1.165, 1.54) is 19.4 Å². The minimum atomic E-state index is -4.64. The maximum atomic E-state index is 13.0. The third-order valence-corrected chi connectivity index (χ3v) is 3.17. The summed E-state index contributed by atoms with van der Waals surface area (Å²) in [5.41, 5.74) is 0.147. The summed E-state index contributed by atoms with van der Waals surface area (Å²) in [5.74, 6) is -0.123. The molecule has 0 saturated carbocycles. The van der Waals surface area contributed by atoms with Gasteiger partial charge in [0, 0.05) is 11.5 Å². The molecule has 0 bridgehead atoms. The number of benzene rings is 1. The zero-order valence-corrected chi connectivity index (χ0v) is 12.0. The van der Waals surface area contributed by atoms with E-state index in [9.17, 15) is 13.2 Å². The molecule has 1 N–H and O–H groups in total. The summed E-state index contributed by atoms with van der Waals surface area (Å²) in [5, 5.41) is 3.32. The lowest BCUT2D eigenvalue weighted by Crippen LogP contribution is -2.13. The van der Waals surface area contributed by atoms with Gasteiger partial charge in [-0.15, -0.1) is 0 Å². The number of aromatic nitrogens is 2. The van der Waals surface area contributed by atoms with Crippen molar-refractivity contribution in [2.75, 3.05) is 12.4 Å². The second-order valence-corrected chi connectivity index (χ2v) is 4.71. The molecular formula is C15H12F3N3O2. The van der Waals surface area contributed by atoms with Gasteiger partial charge in [-0.3, -0.25) is 0 Å². The molecule has 0 aliphatic heterocycles. The maximum absolute atomic E-state index is 13.0. The number of alkyl halides is 3. The van der Waals surface area contributed by atoms with Gasteiger partial charge in [-0.25, -0.2) is 9.97 Å². The van der Waals surface area contributed by atoms with Gasteiger partial charge in [-0.2, -0.15) is 13.2 Å². The highest BCUT2D eigenvalue weighted by Gasteiger charge is 2.35. The topological polar surface area (TPSA) is 60.2 Å². The van der Waals surface area contributed by atoms with Crippen LogP contribution in [0.15, 0.2) is 41.0 Å². The molecule has 0 radical (unpaired) electrons. The summed E-state index contributed by atoms with van der Waals surface area (Å²) >= 11 is 0. The number of furan rings is 1. The van der Waals surface area contributed by atoms with Crippen molar-refractivity contribution in [1.82, 2.24) is 9.97 Å². The van der Waals surface area contributed by atoms with E-state index in [0.717, 1.165) is 0 Å². The van der Waals surface area contributed by atoms with E-state index >= 15 is 0 Å². The molecule has 0 amide bonds. The Morgan fingerprint density at radius 2 is 2.04 bits per heavy atom. The first kappa shape index (κ1) is 15.1. The molecule has 0 aliphatic rings. The summed E-state index contributed by atoms with van der Waals surface area (Å²) in [6.45, 7) is 0.211. The standard InChI is InChI=1S/C15H12F3N3O2/c1-22-9-4-5-11-12(7-9)20-14(15(16,17)18)21-13(11)19-8-10-3-2-6-23-10/h2-7H,8H2,1H3,(H,19,20,21). The molecule has 3 rings (SSSR count). The predicted octanol–water partition coefficient (Wildman–Crippen LogP) is 3.86. The largest absolute Gasteiger partial charge is 0.497 e. The lowest BCUT2D eigenvalue weighted by Gasteiger charge is -2.12. The molecule has 120 valence electrons. The Morgan fingerprint density at radius 1 is 1.22 bits per heavy atom. The van der Waals surface area contributed by atoms with E-state index in [1.807, 2.05) is 0 Å². The Labute approximate surface area is 129 Å². The van der Waals surface area contributed by atoms with Gasteiger partial charge in [0.15, 0.2) is 0 Å². The minimum Gasteiger partial charge on any atom is -0.497 e. The van der Waals surface area contributed by atoms with Crippen molar-refractivity contribution < 1.29 is 22.3 Å². The van der Waals surface area contributed by atoms with Gasteiger partial charge in [0.05, 0.1) is 25.4 Å². The second-order valence-electron chi connectivity index (χ2n) is 4.71. The Hall–Kier alpha value is -2.77. The van der Waals surface area contributed by atoms with Gasteiger partial charge in [0.2, 0.25) is 5.82 Å². The van der Waals surface area contributed by atoms with Gasteiger partial charge in [-0.1, -0.05) is 0 Å². The fourth-order valence-corrected chi connectivity index (χ4v) is 2.08. The van der Waals surface area contributed by atoms with Crippen molar-refractivity contribution >= 4 is 16.7 Å². The molecule has 2 aromatic heterocycles. The quantitative estimate of drug-likeness (QED) is 0.790. The molecule has 0 saturated heterocycles. The van der Waals surface area contributed by atoms with Gasteiger partial charge < -0.3 is 14.5 Å². The highest BCUT2D eigenvalue weighted by atomic mass is 19.4. The first-order valence-electron chi connectivity index (χ1n) is 6.66. The molecule has 23 heavy (non-hydrogen) atoms. The second kappa shape index (κ2) is 5.79. The molecule has 2 heterocycles. The smallest absolute Gasteiger partial charge is 0.451 e. The molecule has 5 nitrogen and oxygen atoms in total. The molecular weight excluding hydrogens is 311 g/mol. The summed E-state index contributed by atoms with van der Waals surface area (Å²) in [6.07, 6.45) is -3.15. The van der Waals surface area contributed by atoms with E-state index in [4.69, 9.17) is 9.15 Å². The summed E-state index contributed by atoms with van der Waals surface area (Å²) in [6, 6.07) is 8.09. The van der Waals surface area contributed by atoms with E-state index in [-0.39, 0.29) is 17.9 Å². The molecule has 0 atom stereocenters. The first-order valence-corrected chi connectivity index (χ1v) is 6.66. The van der Waals surface area contributed by atoms with Crippen molar-refractivity contribution in [2.45, 2.75) is 12.7 Å². The fraction of sp³-hybridized carbons (Fsp3) is 0.200. The Kier molecular flexibility index (Phi) is 3.81. The number of ether oxygens (including phenoxy) is 1. The van der Waals surface area contributed by atoms with Crippen LogP contribution in [0.2, 0.25) is 0 Å². The number of methoxy groups -OCH3 is 1. The Balaban J connectivity index is 2.05. The molecule has 0 fully saturated rings. The van der Waals surface area contributed by atoms with Crippen LogP contribution in [0.3, 0.4) is 0 Å². The van der Waals surface area contributed by atoms with E-state index in [1.54, 1.807) is 24.3 Å². The number of hydrogen-bond donors (Lipinski definition) is 1. The van der Waals surface area contributed by atoms with Crippen molar-refractivity contribution in [2.24, 2.45) is 0 Å². The van der Waals surface area contributed by atoms with Crippen LogP contribution in [-0.2, 0) is 12.7 Å². The van der Waals surface area contributed by atoms with Crippen LogP contribution in [0.4, 0.5) is 19.0 Å². The van der Waals surface area contributed by atoms with E-state index in [2.05, 4.69) is 15.3 Å². The summed E-state index contributed by atoms with van der Waals surface area (Å²) in [7, 11) is 1.43. The lowest BCUT2D eigenvalue weighted by atomic mass is 10.2. The highest BCUT2D eigenvalue weighted by Crippen LogP contribution is 2.31. The van der Waals surface area contributed by atoms with E-state index < -0.39 is 12.0 Å². The van der Waals surface area contributed by atoms with Gasteiger partial charge >= 0.3 is 6.18 Å². The van der Waals surface area contributed by atoms with Crippen LogP contribution >= 0.6 is 0 Å². The number of nitrogens with one attached hydrogen (secondary N) is 1. The zero-order chi connectivity index (χ0) is 16.4. The van der Waals surface area contributed by atoms with Crippen LogP contribution in [0.5, 0.6) is 5.75 Å². The van der Waals surface area contributed by atoms with E-state index in [0.29, 0.717) is 16.9 Å². The van der Waals surface area contributed by atoms with Crippen LogP contribution in [0.1, 0.15) is 11.6 Å². The Bertz CT molecular complexity index is 817. The average molecular weight is 323 g/mol. The van der Waals surface area contributed by atoms with Crippen LogP contribution in [0.25, 0.3) is 10.9 Å². The first-order chi connectivity index (χ1) is 11.0. The van der Waals surface area contributed by atoms with Crippen LogP contribution in [0, 0.1) is 0 Å². The minimum absolute atomic E-state index is 0.0846. The van der Waals surface area contributed by atoms with Crippen LogP contribution < -0.4 is 10.1 Å². The maximum Gasteiger partial charge on any atom is 0.451 e.